The number of hydrogen-bond acceptors (Lipinski definition) is 5. The summed E-state index contributed by atoms with van der Waals surface area (Å²) in [7, 11) is 0. The van der Waals surface area contributed by atoms with E-state index in [1.54, 1.807) is 24.4 Å². The van der Waals surface area contributed by atoms with Crippen LogP contribution in [0.3, 0.4) is 0 Å². The van der Waals surface area contributed by atoms with E-state index in [1.807, 2.05) is 18.2 Å². The molecule has 0 radical (unpaired) electrons. The van der Waals surface area contributed by atoms with Crippen molar-refractivity contribution in [1.29, 1.82) is 0 Å². The normalized spacial score (nSPS) is 10.7. The molecule has 0 fully saturated rings. The molecule has 0 bridgehead atoms. The first kappa shape index (κ1) is 16.8. The van der Waals surface area contributed by atoms with Crippen LogP contribution in [0, 0.1) is 5.82 Å². The molecule has 3 rings (SSSR count). The molecule has 0 atom stereocenters. The maximum atomic E-state index is 13.8. The molecule has 5 nitrogen and oxygen atoms in total. The lowest BCUT2D eigenvalue weighted by Crippen LogP contribution is -2.31. The number of nitrogens with zero attached hydrogens (tertiary/aromatic N) is 4. The first-order chi connectivity index (χ1) is 12.1. The van der Waals surface area contributed by atoms with Gasteiger partial charge in [0.05, 0.1) is 11.9 Å². The fraction of sp³-hybridized carbons (Fsp3) is 0.211. The van der Waals surface area contributed by atoms with E-state index in [9.17, 15) is 4.39 Å². The van der Waals surface area contributed by atoms with E-state index >= 15 is 0 Å². The van der Waals surface area contributed by atoms with Gasteiger partial charge in [0, 0.05) is 12.6 Å². The Kier molecular flexibility index (Phi) is 5.18. The summed E-state index contributed by atoms with van der Waals surface area (Å²) in [4.78, 5) is 6.62. The molecule has 0 saturated carbocycles. The van der Waals surface area contributed by atoms with E-state index in [1.165, 1.54) is 11.6 Å². The van der Waals surface area contributed by atoms with Gasteiger partial charge in [0.2, 0.25) is 5.95 Å². The first-order valence-corrected chi connectivity index (χ1v) is 8.15. The molecule has 0 saturated heterocycles. The molecule has 0 aliphatic rings. The van der Waals surface area contributed by atoms with Crippen LogP contribution >= 0.6 is 0 Å². The van der Waals surface area contributed by atoms with Crippen LogP contribution in [0.25, 0.3) is 0 Å². The van der Waals surface area contributed by atoms with Gasteiger partial charge in [0.25, 0.3) is 0 Å². The minimum Gasteiger partial charge on any atom is -0.348 e. The van der Waals surface area contributed by atoms with Gasteiger partial charge >= 0.3 is 0 Å². The smallest absolute Gasteiger partial charge is 0.249 e. The summed E-state index contributed by atoms with van der Waals surface area (Å²) < 4.78 is 13.8. The predicted molar refractivity (Wildman–Crippen MR) is 97.3 cm³/mol. The molecule has 0 spiro atoms. The molecule has 0 unspecified atom stereocenters. The lowest BCUT2D eigenvalue weighted by Gasteiger charge is -2.27. The quantitative estimate of drug-likeness (QED) is 0.732. The SMILES string of the molecule is CC(C)N(Cc1ccccc1)c1cnnc(Nc2ccccc2F)n1. The summed E-state index contributed by atoms with van der Waals surface area (Å²) in [6, 6.07) is 16.8. The van der Waals surface area contributed by atoms with Crippen molar-refractivity contribution in [2.24, 2.45) is 0 Å². The average Bonchev–Trinajstić information content (AvgIpc) is 2.62. The fourth-order valence-corrected chi connectivity index (χ4v) is 2.48. The van der Waals surface area contributed by atoms with Gasteiger partial charge in [-0.05, 0) is 31.5 Å². The van der Waals surface area contributed by atoms with Crippen LogP contribution in [-0.4, -0.2) is 21.2 Å². The largest absolute Gasteiger partial charge is 0.348 e. The topological polar surface area (TPSA) is 53.9 Å². The van der Waals surface area contributed by atoms with Crippen molar-refractivity contribution in [2.75, 3.05) is 10.2 Å². The van der Waals surface area contributed by atoms with Crippen molar-refractivity contribution in [1.82, 2.24) is 15.2 Å². The Bertz CT molecular complexity index is 823. The molecule has 6 heteroatoms. The Morgan fingerprint density at radius 1 is 1.04 bits per heavy atom. The van der Waals surface area contributed by atoms with E-state index in [-0.39, 0.29) is 17.8 Å². The second-order valence-electron chi connectivity index (χ2n) is 5.95. The monoisotopic (exact) mass is 337 g/mol. The van der Waals surface area contributed by atoms with Crippen molar-refractivity contribution < 1.29 is 4.39 Å². The van der Waals surface area contributed by atoms with Gasteiger partial charge < -0.3 is 10.2 Å². The van der Waals surface area contributed by atoms with Gasteiger partial charge in [-0.3, -0.25) is 0 Å². The van der Waals surface area contributed by atoms with E-state index in [0.717, 1.165) is 0 Å². The number of nitrogens with one attached hydrogen (secondary N) is 1. The van der Waals surface area contributed by atoms with E-state index < -0.39 is 0 Å². The molecule has 1 N–H and O–H groups in total. The van der Waals surface area contributed by atoms with Gasteiger partial charge in [0.1, 0.15) is 5.82 Å². The summed E-state index contributed by atoms with van der Waals surface area (Å²) >= 11 is 0. The van der Waals surface area contributed by atoms with Gasteiger partial charge in [-0.15, -0.1) is 5.10 Å². The van der Waals surface area contributed by atoms with Crippen molar-refractivity contribution in [3.05, 3.63) is 72.2 Å². The number of anilines is 3. The van der Waals surface area contributed by atoms with Crippen molar-refractivity contribution in [2.45, 2.75) is 26.4 Å². The molecule has 0 amide bonds. The van der Waals surface area contributed by atoms with Crippen LogP contribution in [0.1, 0.15) is 19.4 Å². The molecule has 0 aliphatic heterocycles. The second kappa shape index (κ2) is 7.70. The second-order valence-corrected chi connectivity index (χ2v) is 5.95. The molecular weight excluding hydrogens is 317 g/mol. The minimum atomic E-state index is -0.360. The van der Waals surface area contributed by atoms with Crippen LogP contribution < -0.4 is 10.2 Å². The van der Waals surface area contributed by atoms with Crippen molar-refractivity contribution in [3.8, 4) is 0 Å². The third-order valence-electron chi connectivity index (χ3n) is 3.78. The molecule has 25 heavy (non-hydrogen) atoms. The van der Waals surface area contributed by atoms with Gasteiger partial charge in [0.15, 0.2) is 5.82 Å². The number of hydrogen-bond donors (Lipinski definition) is 1. The Balaban J connectivity index is 1.84. The number of halogens is 1. The van der Waals surface area contributed by atoms with Gasteiger partial charge in [-0.2, -0.15) is 10.1 Å². The number of benzene rings is 2. The highest BCUT2D eigenvalue weighted by Crippen LogP contribution is 2.20. The molecule has 128 valence electrons. The maximum Gasteiger partial charge on any atom is 0.249 e. The lowest BCUT2D eigenvalue weighted by molar-refractivity contribution is 0.631. The zero-order valence-corrected chi connectivity index (χ0v) is 14.2. The molecular formula is C19H20FN5. The number of rotatable bonds is 6. The zero-order chi connectivity index (χ0) is 17.6. The zero-order valence-electron chi connectivity index (χ0n) is 14.2. The molecule has 0 aliphatic carbocycles. The Morgan fingerprint density at radius 2 is 1.76 bits per heavy atom. The number of aromatic nitrogens is 3. The molecule has 2 aromatic carbocycles. The van der Waals surface area contributed by atoms with Gasteiger partial charge in [-0.25, -0.2) is 4.39 Å². The summed E-state index contributed by atoms with van der Waals surface area (Å²) in [5.41, 5.74) is 1.50. The Hall–Kier alpha value is -3.02. The predicted octanol–water partition coefficient (Wildman–Crippen LogP) is 4.17. The summed E-state index contributed by atoms with van der Waals surface area (Å²) in [5, 5.41) is 10.9. The van der Waals surface area contributed by atoms with Crippen LogP contribution in [0.15, 0.2) is 60.8 Å². The summed E-state index contributed by atoms with van der Waals surface area (Å²) in [6.45, 7) is 4.89. The number of para-hydroxylation sites is 1. The van der Waals surface area contributed by atoms with Crippen LogP contribution in [0.2, 0.25) is 0 Å². The summed E-state index contributed by atoms with van der Waals surface area (Å²) in [6.07, 6.45) is 1.62. The van der Waals surface area contributed by atoms with Crippen molar-refractivity contribution in [3.63, 3.8) is 0 Å². The molecule has 1 heterocycles. The first-order valence-electron chi connectivity index (χ1n) is 8.15. The third kappa shape index (κ3) is 4.29. The maximum absolute atomic E-state index is 13.8. The van der Waals surface area contributed by atoms with Gasteiger partial charge in [-0.1, -0.05) is 42.5 Å². The van der Waals surface area contributed by atoms with Crippen LogP contribution in [0.4, 0.5) is 21.8 Å². The van der Waals surface area contributed by atoms with E-state index in [4.69, 9.17) is 0 Å². The van der Waals surface area contributed by atoms with E-state index in [2.05, 4.69) is 51.4 Å². The average molecular weight is 337 g/mol. The highest BCUT2D eigenvalue weighted by molar-refractivity contribution is 5.55. The van der Waals surface area contributed by atoms with Crippen LogP contribution in [0.5, 0.6) is 0 Å². The summed E-state index contributed by atoms with van der Waals surface area (Å²) in [5.74, 6) is 0.593. The fourth-order valence-electron chi connectivity index (χ4n) is 2.48. The van der Waals surface area contributed by atoms with Crippen molar-refractivity contribution >= 4 is 17.5 Å². The lowest BCUT2D eigenvalue weighted by atomic mass is 10.2. The van der Waals surface area contributed by atoms with Crippen LogP contribution in [-0.2, 0) is 6.54 Å². The molecule has 3 aromatic rings. The third-order valence-corrected chi connectivity index (χ3v) is 3.78. The molecule has 1 aromatic heterocycles. The highest BCUT2D eigenvalue weighted by Gasteiger charge is 2.14. The van der Waals surface area contributed by atoms with E-state index in [0.29, 0.717) is 18.1 Å². The minimum absolute atomic E-state index is 0.221. The Morgan fingerprint density at radius 3 is 2.48 bits per heavy atom. The Labute approximate surface area is 146 Å². The highest BCUT2D eigenvalue weighted by atomic mass is 19.1. The standard InChI is InChI=1S/C19H20FN5/c1-14(2)25(13-15-8-4-3-5-9-15)18-12-21-24-19(23-18)22-17-11-7-6-10-16(17)20/h3-12,14H,13H2,1-2H3,(H,22,23,24).